The monoisotopic (exact) mass is 627 g/mol. The van der Waals surface area contributed by atoms with E-state index < -0.39 is 17.7 Å². The minimum Gasteiger partial charge on any atom is -0.507 e. The molecular weight excluding hydrogens is 595 g/mol. The lowest BCUT2D eigenvalue weighted by atomic mass is 9.94. The van der Waals surface area contributed by atoms with Gasteiger partial charge in [0, 0.05) is 17.7 Å². The molecule has 2 aliphatic rings. The van der Waals surface area contributed by atoms with Crippen LogP contribution in [0.25, 0.3) is 5.76 Å². The molecule has 0 unspecified atom stereocenters. The van der Waals surface area contributed by atoms with Crippen LogP contribution in [0, 0.1) is 6.92 Å². The summed E-state index contributed by atoms with van der Waals surface area (Å²) < 4.78 is 12.5. The topological polar surface area (TPSA) is 102 Å². The number of benzene rings is 3. The number of carbonyl (C=O) groups is 2. The van der Waals surface area contributed by atoms with Gasteiger partial charge in [0.2, 0.25) is 5.13 Å². The number of thioether (sulfide) groups is 1. The van der Waals surface area contributed by atoms with Crippen molar-refractivity contribution in [2.75, 3.05) is 11.5 Å². The third-order valence-electron chi connectivity index (χ3n) is 7.64. The third-order valence-corrected chi connectivity index (χ3v) is 9.77. The summed E-state index contributed by atoms with van der Waals surface area (Å²) in [4.78, 5) is 28.7. The Labute approximate surface area is 264 Å². The largest absolute Gasteiger partial charge is 0.507 e. The first kappa shape index (κ1) is 29.9. The second-order valence-electron chi connectivity index (χ2n) is 11.0. The lowest BCUT2D eigenvalue weighted by Gasteiger charge is -2.23. The van der Waals surface area contributed by atoms with E-state index in [4.69, 9.17) is 9.47 Å². The van der Waals surface area contributed by atoms with Gasteiger partial charge >= 0.3 is 5.91 Å². The van der Waals surface area contributed by atoms with Gasteiger partial charge in [-0.1, -0.05) is 78.4 Å². The van der Waals surface area contributed by atoms with Crippen molar-refractivity contribution in [1.29, 1.82) is 0 Å². The number of aryl methyl sites for hydroxylation is 1. The number of aliphatic hydroxyl groups excluding tert-OH is 1. The Morgan fingerprint density at radius 1 is 1.11 bits per heavy atom. The summed E-state index contributed by atoms with van der Waals surface area (Å²) in [5.74, 6) is 0.282. The van der Waals surface area contributed by atoms with Gasteiger partial charge in [-0.15, -0.1) is 10.2 Å². The summed E-state index contributed by atoms with van der Waals surface area (Å²) in [5.41, 5.74) is 4.35. The molecule has 0 radical (unpaired) electrons. The minimum absolute atomic E-state index is 0.00307. The second-order valence-corrected chi connectivity index (χ2v) is 13.2. The molecule has 1 saturated heterocycles. The van der Waals surface area contributed by atoms with E-state index in [1.807, 2.05) is 44.2 Å². The molecule has 226 valence electrons. The lowest BCUT2D eigenvalue weighted by molar-refractivity contribution is -0.132. The molecule has 6 rings (SSSR count). The van der Waals surface area contributed by atoms with E-state index >= 15 is 0 Å². The van der Waals surface area contributed by atoms with Gasteiger partial charge in [-0.05, 0) is 67.3 Å². The van der Waals surface area contributed by atoms with Crippen LogP contribution in [0.2, 0.25) is 0 Å². The first-order valence-corrected chi connectivity index (χ1v) is 16.5. The highest BCUT2D eigenvalue weighted by Crippen LogP contribution is 2.45. The van der Waals surface area contributed by atoms with Gasteiger partial charge in [-0.2, -0.15) is 0 Å². The number of ether oxygens (including phenoxy) is 2. The first-order chi connectivity index (χ1) is 21.3. The van der Waals surface area contributed by atoms with Crippen molar-refractivity contribution in [2.24, 2.45) is 0 Å². The molecule has 0 spiro atoms. The summed E-state index contributed by atoms with van der Waals surface area (Å²) >= 11 is 2.76. The highest BCUT2D eigenvalue weighted by molar-refractivity contribution is 8.00. The number of rotatable bonds is 10. The fraction of sp³-hybridized carbons (Fsp3) is 0.294. The molecule has 0 aliphatic carbocycles. The van der Waals surface area contributed by atoms with Gasteiger partial charge in [-0.25, -0.2) is 0 Å². The fourth-order valence-electron chi connectivity index (χ4n) is 5.37. The van der Waals surface area contributed by atoms with Gasteiger partial charge in [0.05, 0.1) is 18.2 Å². The Morgan fingerprint density at radius 3 is 2.73 bits per heavy atom. The number of aromatic nitrogens is 2. The Balaban J connectivity index is 1.38. The molecule has 0 bridgehead atoms. The Kier molecular flexibility index (Phi) is 8.72. The predicted octanol–water partition coefficient (Wildman–Crippen LogP) is 7.27. The highest BCUT2D eigenvalue weighted by atomic mass is 32.2. The van der Waals surface area contributed by atoms with Crippen LogP contribution in [0.3, 0.4) is 0 Å². The summed E-state index contributed by atoms with van der Waals surface area (Å²) in [5, 5.41) is 20.6. The standard InChI is InChI=1S/C34H33N3O5S2/c1-4-5-15-41-26-8-6-7-23(18-26)29-28(30(38)24-13-14-27-25(17-24)16-21(3)42-27)31(39)32(40)37(29)33-35-36-34(44-33)43-19-22-11-9-20(2)10-12-22/h6-14,17-18,21,29,38H,4-5,15-16,19H2,1-3H3/b30-28+/t21-,29-/m0/s1. The van der Waals surface area contributed by atoms with Crippen LogP contribution in [-0.4, -0.2) is 39.7 Å². The van der Waals surface area contributed by atoms with Crippen LogP contribution in [0.4, 0.5) is 5.13 Å². The number of hydrogen-bond acceptors (Lipinski definition) is 9. The third kappa shape index (κ3) is 6.09. The average molecular weight is 628 g/mol. The van der Waals surface area contributed by atoms with Crippen molar-refractivity contribution in [3.63, 3.8) is 0 Å². The molecule has 1 aromatic heterocycles. The number of unbranched alkanes of at least 4 members (excludes halogenated alkanes) is 1. The molecule has 1 fully saturated rings. The number of hydrogen-bond donors (Lipinski definition) is 1. The predicted molar refractivity (Wildman–Crippen MR) is 173 cm³/mol. The molecule has 1 N–H and O–H groups in total. The molecule has 2 aliphatic heterocycles. The average Bonchev–Trinajstić information content (AvgIpc) is 3.71. The van der Waals surface area contributed by atoms with E-state index in [0.717, 1.165) is 29.7 Å². The molecule has 4 aromatic rings. The fourth-order valence-corrected chi connectivity index (χ4v) is 7.19. The van der Waals surface area contributed by atoms with Crippen molar-refractivity contribution in [3.8, 4) is 11.5 Å². The summed E-state index contributed by atoms with van der Waals surface area (Å²) in [6.07, 6.45) is 2.61. The Bertz CT molecular complexity index is 1730. The molecule has 0 saturated carbocycles. The number of Topliss-reactive ketones (excluding diaryl/α,β-unsaturated/α-hetero) is 1. The number of nitrogens with zero attached hydrogens (tertiary/aromatic N) is 3. The number of ketones is 1. The van der Waals surface area contributed by atoms with Gasteiger partial charge < -0.3 is 14.6 Å². The van der Waals surface area contributed by atoms with E-state index in [9.17, 15) is 14.7 Å². The minimum atomic E-state index is -0.920. The van der Waals surface area contributed by atoms with Crippen LogP contribution in [-0.2, 0) is 21.8 Å². The number of anilines is 1. The SMILES string of the molecule is CCCCOc1cccc([C@H]2/C(=C(\O)c3ccc4c(c3)C[C@H](C)O4)C(=O)C(=O)N2c2nnc(SCc3ccc(C)cc3)s2)c1. The molecule has 1 amide bonds. The quantitative estimate of drug-likeness (QED) is 0.0489. The van der Waals surface area contributed by atoms with Gasteiger partial charge in [0.25, 0.3) is 5.78 Å². The van der Waals surface area contributed by atoms with E-state index in [1.165, 1.54) is 33.6 Å². The number of aliphatic hydroxyl groups is 1. The van der Waals surface area contributed by atoms with Crippen LogP contribution in [0.5, 0.6) is 11.5 Å². The normalized spacial score (nSPS) is 18.8. The summed E-state index contributed by atoms with van der Waals surface area (Å²) in [6.45, 7) is 6.67. The van der Waals surface area contributed by atoms with Crippen LogP contribution >= 0.6 is 23.1 Å². The van der Waals surface area contributed by atoms with Crippen molar-refractivity contribution < 1.29 is 24.2 Å². The van der Waals surface area contributed by atoms with Gasteiger partial charge in [0.15, 0.2) is 4.34 Å². The Morgan fingerprint density at radius 2 is 1.93 bits per heavy atom. The van der Waals surface area contributed by atoms with E-state index in [1.54, 1.807) is 12.1 Å². The molecule has 10 heteroatoms. The second kappa shape index (κ2) is 12.8. The van der Waals surface area contributed by atoms with Gasteiger partial charge in [0.1, 0.15) is 23.4 Å². The van der Waals surface area contributed by atoms with Crippen LogP contribution in [0.15, 0.2) is 76.6 Å². The maximum atomic E-state index is 13.7. The summed E-state index contributed by atoms with van der Waals surface area (Å²) in [6, 6.07) is 20.0. The van der Waals surface area contributed by atoms with Gasteiger partial charge in [-0.3, -0.25) is 14.5 Å². The van der Waals surface area contributed by atoms with E-state index in [-0.39, 0.29) is 22.6 Å². The van der Waals surface area contributed by atoms with Crippen molar-refractivity contribution >= 4 is 45.7 Å². The van der Waals surface area contributed by atoms with E-state index in [0.29, 0.717) is 40.0 Å². The summed E-state index contributed by atoms with van der Waals surface area (Å²) in [7, 11) is 0. The zero-order chi connectivity index (χ0) is 30.8. The molecule has 3 aromatic carbocycles. The van der Waals surface area contributed by atoms with Crippen LogP contribution in [0.1, 0.15) is 60.5 Å². The first-order valence-electron chi connectivity index (χ1n) is 14.7. The van der Waals surface area contributed by atoms with E-state index in [2.05, 4.69) is 41.4 Å². The van der Waals surface area contributed by atoms with Crippen molar-refractivity contribution in [2.45, 2.75) is 62.3 Å². The molecule has 2 atom stereocenters. The molecule has 44 heavy (non-hydrogen) atoms. The lowest BCUT2D eigenvalue weighted by Crippen LogP contribution is -2.29. The number of amides is 1. The number of fused-ring (bicyclic) bond motifs is 1. The zero-order valence-electron chi connectivity index (χ0n) is 24.8. The molecular formula is C34H33N3O5S2. The zero-order valence-corrected chi connectivity index (χ0v) is 26.4. The molecule has 3 heterocycles. The van der Waals surface area contributed by atoms with Crippen molar-refractivity contribution in [3.05, 3.63) is 100 Å². The number of carbonyl (C=O) groups excluding carboxylic acids is 2. The maximum absolute atomic E-state index is 13.7. The Hall–Kier alpha value is -4.15. The van der Waals surface area contributed by atoms with Crippen LogP contribution < -0.4 is 14.4 Å². The smallest absolute Gasteiger partial charge is 0.301 e. The maximum Gasteiger partial charge on any atom is 0.301 e. The highest BCUT2D eigenvalue weighted by Gasteiger charge is 2.48. The molecule has 8 nitrogen and oxygen atoms in total. The van der Waals surface area contributed by atoms with Crippen molar-refractivity contribution in [1.82, 2.24) is 10.2 Å².